The van der Waals surface area contributed by atoms with Gasteiger partial charge >= 0.3 is 12.2 Å². The number of urea groups is 1. The lowest BCUT2D eigenvalue weighted by atomic mass is 10.0. The van der Waals surface area contributed by atoms with E-state index >= 15 is 0 Å². The lowest BCUT2D eigenvalue weighted by Crippen LogP contribution is -2.65. The molecule has 40 heavy (non-hydrogen) atoms. The molecule has 0 unspecified atom stereocenters. The predicted molar refractivity (Wildman–Crippen MR) is 146 cm³/mol. The highest BCUT2D eigenvalue weighted by atomic mass is 32.1. The van der Waals surface area contributed by atoms with E-state index in [2.05, 4.69) is 20.7 Å². The van der Waals surface area contributed by atoms with Crippen LogP contribution in [0.4, 0.5) is 4.79 Å². The molecule has 1 aromatic heterocycles. The molecule has 0 radical (unpaired) electrons. The Hall–Kier alpha value is -4.35. The fourth-order valence-corrected chi connectivity index (χ4v) is 5.57. The van der Waals surface area contributed by atoms with Gasteiger partial charge in [-0.2, -0.15) is 4.79 Å². The van der Waals surface area contributed by atoms with Crippen LogP contribution >= 0.6 is 11.3 Å². The Kier molecular flexibility index (Phi) is 9.76. The molecule has 3 atom stereocenters. The van der Waals surface area contributed by atoms with Crippen LogP contribution in [0.15, 0.2) is 47.8 Å². The molecule has 1 aromatic carbocycles. The van der Waals surface area contributed by atoms with Gasteiger partial charge in [0.1, 0.15) is 18.1 Å². The number of ketones is 1. The molecule has 0 aliphatic carbocycles. The SMILES string of the molecule is [N-]=[N+]=CC(=O)[C@H](Cc1ccccc1)NC(=O)[C@@H]1CCCN2C(=O)CC[C@H](NC(=O)NCCc3cccs3)C(=O)N12. The van der Waals surface area contributed by atoms with Crippen molar-refractivity contribution in [2.24, 2.45) is 0 Å². The Morgan fingerprint density at radius 2 is 1.93 bits per heavy atom. The lowest BCUT2D eigenvalue weighted by molar-refractivity contribution is -0.176. The van der Waals surface area contributed by atoms with Crippen LogP contribution in [0.3, 0.4) is 0 Å². The van der Waals surface area contributed by atoms with Crippen molar-refractivity contribution in [1.82, 2.24) is 26.0 Å². The molecular weight excluding hydrogens is 534 g/mol. The van der Waals surface area contributed by atoms with Crippen molar-refractivity contribution in [1.29, 1.82) is 0 Å². The van der Waals surface area contributed by atoms with E-state index in [0.29, 0.717) is 19.4 Å². The summed E-state index contributed by atoms with van der Waals surface area (Å²) < 4.78 is 0. The normalized spacial score (nSPS) is 19.5. The first kappa shape index (κ1) is 28.7. The van der Waals surface area contributed by atoms with E-state index < -0.39 is 41.8 Å². The van der Waals surface area contributed by atoms with Crippen molar-refractivity contribution in [3.8, 4) is 0 Å². The summed E-state index contributed by atoms with van der Waals surface area (Å²) in [6.45, 7) is 0.638. The van der Waals surface area contributed by atoms with Gasteiger partial charge in [-0.05, 0) is 42.7 Å². The number of nitrogens with one attached hydrogen (secondary N) is 3. The topological polar surface area (TPSA) is 164 Å². The van der Waals surface area contributed by atoms with Gasteiger partial charge in [0.2, 0.25) is 11.8 Å². The molecule has 3 heterocycles. The Balaban J connectivity index is 1.46. The molecular formula is C27H31N7O5S. The molecule has 12 nitrogen and oxygen atoms in total. The number of carbonyl (C=O) groups excluding carboxylic acids is 5. The molecule has 13 heteroatoms. The van der Waals surface area contributed by atoms with Gasteiger partial charge in [0.25, 0.3) is 11.7 Å². The number of hydrogen-bond acceptors (Lipinski definition) is 6. The first-order chi connectivity index (χ1) is 19.4. The molecule has 2 aliphatic rings. The smallest absolute Gasteiger partial charge is 0.325 e. The molecule has 0 spiro atoms. The molecule has 4 rings (SSSR count). The molecule has 0 saturated carbocycles. The molecule has 2 saturated heterocycles. The Morgan fingerprint density at radius 3 is 2.65 bits per heavy atom. The maximum absolute atomic E-state index is 13.6. The van der Waals surface area contributed by atoms with Crippen LogP contribution < -0.4 is 16.0 Å². The van der Waals surface area contributed by atoms with Crippen molar-refractivity contribution in [3.05, 3.63) is 63.8 Å². The van der Waals surface area contributed by atoms with Crippen LogP contribution in [-0.4, -0.2) is 81.8 Å². The summed E-state index contributed by atoms with van der Waals surface area (Å²) in [5.74, 6) is -2.13. The maximum atomic E-state index is 13.6. The standard InChI is InChI=1S/C27H31N7O5S/c28-30-17-23(35)21(16-18-6-2-1-3-7-18)31-25(37)22-9-4-14-33-24(36)11-10-20(26(38)34(22)33)32-27(39)29-13-12-19-8-5-15-40-19/h1-3,5-8,15,17,20-22H,4,9-14,16H2,(H,31,37)(H2,29,32,39)/t20-,21-,22-/m0/s1. The zero-order valence-corrected chi connectivity index (χ0v) is 22.6. The highest BCUT2D eigenvalue weighted by molar-refractivity contribution is 7.09. The first-order valence-corrected chi connectivity index (χ1v) is 14.0. The molecule has 2 aliphatic heterocycles. The summed E-state index contributed by atoms with van der Waals surface area (Å²) in [6, 6.07) is 9.24. The molecule has 0 bridgehead atoms. The second-order valence-corrected chi connectivity index (χ2v) is 10.6. The van der Waals surface area contributed by atoms with Crippen molar-refractivity contribution in [2.75, 3.05) is 13.1 Å². The number of hydrazine groups is 1. The van der Waals surface area contributed by atoms with Crippen molar-refractivity contribution in [3.63, 3.8) is 0 Å². The number of nitrogens with zero attached hydrogens (tertiary/aromatic N) is 4. The Morgan fingerprint density at radius 1 is 1.12 bits per heavy atom. The summed E-state index contributed by atoms with van der Waals surface area (Å²) in [6.07, 6.45) is 2.37. The summed E-state index contributed by atoms with van der Waals surface area (Å²) in [4.78, 5) is 69.2. The fraction of sp³-hybridized carbons (Fsp3) is 0.407. The quantitative estimate of drug-likeness (QED) is 0.223. The number of hydrogen-bond donors (Lipinski definition) is 3. The molecule has 210 valence electrons. The van der Waals surface area contributed by atoms with E-state index in [1.807, 2.05) is 23.6 Å². The van der Waals surface area contributed by atoms with E-state index in [1.54, 1.807) is 35.6 Å². The van der Waals surface area contributed by atoms with E-state index in [0.717, 1.165) is 21.7 Å². The molecule has 3 N–H and O–H groups in total. The van der Waals surface area contributed by atoms with E-state index in [4.69, 9.17) is 5.53 Å². The van der Waals surface area contributed by atoms with Crippen molar-refractivity contribution in [2.45, 2.75) is 56.7 Å². The van der Waals surface area contributed by atoms with Crippen LogP contribution in [0, 0.1) is 0 Å². The Labute approximate surface area is 235 Å². The zero-order valence-electron chi connectivity index (χ0n) is 21.8. The van der Waals surface area contributed by atoms with Crippen LogP contribution in [0.25, 0.3) is 5.53 Å². The third-order valence-corrected chi connectivity index (χ3v) is 7.77. The second kappa shape index (κ2) is 13.6. The predicted octanol–water partition coefficient (Wildman–Crippen LogP) is 1.08. The van der Waals surface area contributed by atoms with E-state index in [1.165, 1.54) is 5.01 Å². The van der Waals surface area contributed by atoms with Gasteiger partial charge in [-0.15, -0.1) is 11.3 Å². The summed E-state index contributed by atoms with van der Waals surface area (Å²) in [7, 11) is 0. The van der Waals surface area contributed by atoms with Gasteiger partial charge in [-0.1, -0.05) is 36.4 Å². The van der Waals surface area contributed by atoms with E-state index in [9.17, 15) is 24.0 Å². The minimum atomic E-state index is -1.06. The monoisotopic (exact) mass is 565 g/mol. The minimum Gasteiger partial charge on any atom is -0.361 e. The average molecular weight is 566 g/mol. The van der Waals surface area contributed by atoms with E-state index in [-0.39, 0.29) is 38.1 Å². The first-order valence-electron chi connectivity index (χ1n) is 13.1. The van der Waals surface area contributed by atoms with Crippen molar-refractivity contribution < 1.29 is 28.8 Å². The molecule has 2 aromatic rings. The van der Waals surface area contributed by atoms with Crippen LogP contribution in [0.2, 0.25) is 0 Å². The average Bonchev–Trinajstić information content (AvgIpc) is 3.44. The summed E-state index contributed by atoms with van der Waals surface area (Å²) in [5.41, 5.74) is 9.66. The number of carbonyl (C=O) groups is 5. The number of Topliss-reactive ketones (excluding diaryl/α,β-unsaturated/α-hetero) is 1. The lowest BCUT2D eigenvalue weighted by Gasteiger charge is -2.43. The number of thiophene rings is 1. The highest BCUT2D eigenvalue weighted by Crippen LogP contribution is 2.25. The van der Waals surface area contributed by atoms with Crippen molar-refractivity contribution >= 4 is 47.1 Å². The highest BCUT2D eigenvalue weighted by Gasteiger charge is 2.45. The van der Waals surface area contributed by atoms with Gasteiger partial charge in [0.05, 0.1) is 0 Å². The zero-order chi connectivity index (χ0) is 28.5. The summed E-state index contributed by atoms with van der Waals surface area (Å²) in [5, 5.41) is 12.4. The third-order valence-electron chi connectivity index (χ3n) is 6.83. The number of benzene rings is 1. The number of rotatable bonds is 10. The molecule has 2 fully saturated rings. The van der Waals surface area contributed by atoms with Crippen LogP contribution in [-0.2, 0) is 32.0 Å². The van der Waals surface area contributed by atoms with Crippen LogP contribution in [0.5, 0.6) is 0 Å². The number of fused-ring (bicyclic) bond motifs is 1. The van der Waals surface area contributed by atoms with Gasteiger partial charge in [-0.3, -0.25) is 24.2 Å². The Bertz CT molecular complexity index is 1280. The minimum absolute atomic E-state index is 0.0266. The van der Waals surface area contributed by atoms with Crippen LogP contribution in [0.1, 0.15) is 36.1 Å². The largest absolute Gasteiger partial charge is 0.361 e. The molecule has 5 amide bonds. The van der Waals surface area contributed by atoms with Gasteiger partial charge < -0.3 is 21.5 Å². The number of amides is 5. The van der Waals surface area contributed by atoms with Gasteiger partial charge in [0.15, 0.2) is 0 Å². The van der Waals surface area contributed by atoms with Gasteiger partial charge in [-0.25, -0.2) is 9.80 Å². The second-order valence-electron chi connectivity index (χ2n) is 9.58. The third kappa shape index (κ3) is 7.19. The summed E-state index contributed by atoms with van der Waals surface area (Å²) >= 11 is 1.58. The maximum Gasteiger partial charge on any atom is 0.325 e. The fourth-order valence-electron chi connectivity index (χ4n) is 4.86. The van der Waals surface area contributed by atoms with Gasteiger partial charge in [0, 0.05) is 30.8 Å².